The minimum Gasteiger partial charge on any atom is -0.476 e. The summed E-state index contributed by atoms with van der Waals surface area (Å²) in [7, 11) is 1.32. The molecule has 1 saturated heterocycles. The summed E-state index contributed by atoms with van der Waals surface area (Å²) in [5.74, 6) is 0.125. The lowest BCUT2D eigenvalue weighted by molar-refractivity contribution is -0.385. The van der Waals surface area contributed by atoms with E-state index in [1.54, 1.807) is 4.90 Å². The van der Waals surface area contributed by atoms with E-state index in [1.165, 1.54) is 13.4 Å². The predicted molar refractivity (Wildman–Crippen MR) is 58.1 cm³/mol. The number of anilines is 1. The number of aliphatic hydroxyl groups is 1. The van der Waals surface area contributed by atoms with Crippen molar-refractivity contribution in [1.29, 1.82) is 0 Å². The molecular formula is C9H12N4O4. The quantitative estimate of drug-likeness (QED) is 0.584. The molecular weight excluding hydrogens is 228 g/mol. The van der Waals surface area contributed by atoms with E-state index in [2.05, 4.69) is 9.97 Å². The van der Waals surface area contributed by atoms with Gasteiger partial charge in [0.15, 0.2) is 0 Å². The van der Waals surface area contributed by atoms with E-state index in [0.717, 1.165) is 0 Å². The van der Waals surface area contributed by atoms with Gasteiger partial charge in [-0.15, -0.1) is 0 Å². The summed E-state index contributed by atoms with van der Waals surface area (Å²) < 4.78 is 4.85. The van der Waals surface area contributed by atoms with Gasteiger partial charge in [-0.25, -0.2) is 4.98 Å². The van der Waals surface area contributed by atoms with Crippen molar-refractivity contribution in [2.75, 3.05) is 25.1 Å². The van der Waals surface area contributed by atoms with Gasteiger partial charge in [0.1, 0.15) is 6.33 Å². The number of rotatable bonds is 3. The number of aromatic nitrogens is 2. The van der Waals surface area contributed by atoms with Crippen molar-refractivity contribution in [1.82, 2.24) is 9.97 Å². The summed E-state index contributed by atoms with van der Waals surface area (Å²) in [5.41, 5.74) is -0.260. The molecule has 0 unspecified atom stereocenters. The van der Waals surface area contributed by atoms with E-state index in [0.29, 0.717) is 19.5 Å². The molecule has 0 amide bonds. The van der Waals surface area contributed by atoms with E-state index in [4.69, 9.17) is 4.74 Å². The summed E-state index contributed by atoms with van der Waals surface area (Å²) in [6, 6.07) is 0. The Bertz CT molecular complexity index is 439. The summed E-state index contributed by atoms with van der Waals surface area (Å²) in [6.45, 7) is 0.864. The minimum absolute atomic E-state index is 0.0682. The van der Waals surface area contributed by atoms with Crippen molar-refractivity contribution in [3.05, 3.63) is 16.4 Å². The molecule has 0 bridgehead atoms. The maximum absolute atomic E-state index is 11.0. The first-order chi connectivity index (χ1) is 8.13. The number of nitrogens with zero attached hydrogens (tertiary/aromatic N) is 4. The Balaban J connectivity index is 2.42. The molecule has 1 N–H and O–H groups in total. The normalized spacial score (nSPS) is 19.4. The second-order valence-corrected chi connectivity index (χ2v) is 3.70. The largest absolute Gasteiger partial charge is 0.476 e. The van der Waals surface area contributed by atoms with Crippen LogP contribution in [0.3, 0.4) is 0 Å². The van der Waals surface area contributed by atoms with Crippen molar-refractivity contribution < 1.29 is 14.8 Å². The third-order valence-electron chi connectivity index (χ3n) is 2.61. The van der Waals surface area contributed by atoms with Gasteiger partial charge in [-0.05, 0) is 6.42 Å². The standard InChI is InChI=1S/C9H12N4O4/c1-17-9-7(13(15)16)8(10-5-11-9)12-3-2-6(14)4-12/h5-6,14H,2-4H2,1H3/t6-/m0/s1. The zero-order chi connectivity index (χ0) is 12.4. The fraction of sp³-hybridized carbons (Fsp3) is 0.556. The third kappa shape index (κ3) is 2.11. The fourth-order valence-electron chi connectivity index (χ4n) is 1.83. The van der Waals surface area contributed by atoms with E-state index < -0.39 is 11.0 Å². The zero-order valence-electron chi connectivity index (χ0n) is 9.24. The Morgan fingerprint density at radius 2 is 2.41 bits per heavy atom. The molecule has 0 spiro atoms. The fourth-order valence-corrected chi connectivity index (χ4v) is 1.83. The van der Waals surface area contributed by atoms with Gasteiger partial charge in [-0.2, -0.15) is 4.98 Å². The number of nitro groups is 1. The molecule has 0 radical (unpaired) electrons. The van der Waals surface area contributed by atoms with Gasteiger partial charge >= 0.3 is 5.69 Å². The van der Waals surface area contributed by atoms with Gasteiger partial charge in [-0.1, -0.05) is 0 Å². The summed E-state index contributed by atoms with van der Waals surface area (Å²) in [6.07, 6.45) is 1.31. The van der Waals surface area contributed by atoms with Crippen LogP contribution in [-0.2, 0) is 0 Å². The number of ether oxygens (including phenoxy) is 1. The second-order valence-electron chi connectivity index (χ2n) is 3.70. The van der Waals surface area contributed by atoms with E-state index in [9.17, 15) is 15.2 Å². The van der Waals surface area contributed by atoms with Gasteiger partial charge in [0.05, 0.1) is 18.1 Å². The molecule has 0 aromatic carbocycles. The molecule has 17 heavy (non-hydrogen) atoms. The first-order valence-electron chi connectivity index (χ1n) is 5.10. The average Bonchev–Trinajstić information content (AvgIpc) is 2.74. The SMILES string of the molecule is COc1ncnc(N2CC[C@H](O)C2)c1[N+](=O)[O-]. The van der Waals surface area contributed by atoms with Gasteiger partial charge in [0, 0.05) is 13.1 Å². The molecule has 1 aliphatic rings. The summed E-state index contributed by atoms with van der Waals surface area (Å²) in [4.78, 5) is 19.7. The lowest BCUT2D eigenvalue weighted by Crippen LogP contribution is -2.23. The van der Waals surface area contributed by atoms with Crippen molar-refractivity contribution in [3.63, 3.8) is 0 Å². The van der Waals surface area contributed by atoms with Crippen LogP contribution in [0, 0.1) is 10.1 Å². The van der Waals surface area contributed by atoms with E-state index >= 15 is 0 Å². The van der Waals surface area contributed by atoms with Gasteiger partial charge in [0.2, 0.25) is 5.82 Å². The van der Waals surface area contributed by atoms with Crippen LogP contribution in [0.4, 0.5) is 11.5 Å². The van der Waals surface area contributed by atoms with Crippen LogP contribution < -0.4 is 9.64 Å². The number of aliphatic hydroxyl groups excluding tert-OH is 1. The highest BCUT2D eigenvalue weighted by molar-refractivity contribution is 5.63. The van der Waals surface area contributed by atoms with Crippen molar-refractivity contribution in [3.8, 4) is 5.88 Å². The Hall–Kier alpha value is -1.96. The molecule has 1 aromatic rings. The zero-order valence-corrected chi connectivity index (χ0v) is 9.24. The summed E-state index contributed by atoms with van der Waals surface area (Å²) in [5, 5.41) is 20.4. The molecule has 1 fully saturated rings. The summed E-state index contributed by atoms with van der Waals surface area (Å²) >= 11 is 0. The van der Waals surface area contributed by atoms with Crippen LogP contribution >= 0.6 is 0 Å². The smallest absolute Gasteiger partial charge is 0.372 e. The molecule has 92 valence electrons. The Labute approximate surface area is 97.0 Å². The molecule has 8 heteroatoms. The van der Waals surface area contributed by atoms with Gasteiger partial charge in [0.25, 0.3) is 5.88 Å². The third-order valence-corrected chi connectivity index (χ3v) is 2.61. The Morgan fingerprint density at radius 1 is 1.65 bits per heavy atom. The van der Waals surface area contributed by atoms with Crippen LogP contribution in [0.15, 0.2) is 6.33 Å². The van der Waals surface area contributed by atoms with E-state index in [-0.39, 0.29) is 17.4 Å². The van der Waals surface area contributed by atoms with Gasteiger partial charge < -0.3 is 14.7 Å². The first kappa shape index (κ1) is 11.5. The van der Waals surface area contributed by atoms with Crippen LogP contribution in [-0.4, -0.2) is 46.3 Å². The van der Waals surface area contributed by atoms with Gasteiger partial charge in [-0.3, -0.25) is 10.1 Å². The molecule has 0 saturated carbocycles. The Kier molecular flexibility index (Phi) is 3.05. The lowest BCUT2D eigenvalue weighted by atomic mass is 10.3. The van der Waals surface area contributed by atoms with Crippen molar-refractivity contribution in [2.24, 2.45) is 0 Å². The maximum atomic E-state index is 11.0. The topological polar surface area (TPSA) is 102 Å². The van der Waals surface area contributed by atoms with Crippen LogP contribution in [0.5, 0.6) is 5.88 Å². The van der Waals surface area contributed by atoms with Crippen LogP contribution in [0.25, 0.3) is 0 Å². The number of hydrogen-bond donors (Lipinski definition) is 1. The average molecular weight is 240 g/mol. The van der Waals surface area contributed by atoms with Crippen molar-refractivity contribution in [2.45, 2.75) is 12.5 Å². The number of hydrogen-bond acceptors (Lipinski definition) is 7. The maximum Gasteiger partial charge on any atom is 0.372 e. The second kappa shape index (κ2) is 4.50. The molecule has 1 aliphatic heterocycles. The number of methoxy groups -OCH3 is 1. The molecule has 1 aromatic heterocycles. The van der Waals surface area contributed by atoms with Crippen LogP contribution in [0.1, 0.15) is 6.42 Å². The van der Waals surface area contributed by atoms with Crippen molar-refractivity contribution >= 4 is 11.5 Å². The Morgan fingerprint density at radius 3 is 2.94 bits per heavy atom. The van der Waals surface area contributed by atoms with Crippen LogP contribution in [0.2, 0.25) is 0 Å². The molecule has 2 heterocycles. The minimum atomic E-state index is -0.571. The molecule has 1 atom stereocenters. The highest BCUT2D eigenvalue weighted by atomic mass is 16.6. The highest BCUT2D eigenvalue weighted by Crippen LogP contribution is 2.34. The molecule has 0 aliphatic carbocycles. The lowest BCUT2D eigenvalue weighted by Gasteiger charge is -2.16. The monoisotopic (exact) mass is 240 g/mol. The van der Waals surface area contributed by atoms with E-state index in [1.807, 2.05) is 0 Å². The molecule has 2 rings (SSSR count). The highest BCUT2D eigenvalue weighted by Gasteiger charge is 2.31. The number of β-amino-alcohol motifs (C(OH)–C–C–N with tert-alkyl or cyclic N) is 1. The molecule has 8 nitrogen and oxygen atoms in total. The first-order valence-corrected chi connectivity index (χ1v) is 5.10. The predicted octanol–water partition coefficient (Wildman–Crippen LogP) is -0.0356.